The molecule has 1 aromatic carbocycles. The predicted molar refractivity (Wildman–Crippen MR) is 78.1 cm³/mol. The van der Waals surface area contributed by atoms with Gasteiger partial charge in [-0.15, -0.1) is 0 Å². The van der Waals surface area contributed by atoms with Crippen LogP contribution in [0.2, 0.25) is 0 Å². The smallest absolute Gasteiger partial charge is 0.327 e. The molecule has 1 rings (SSSR count). The molecule has 0 aromatic heterocycles. The minimum absolute atomic E-state index is 0.0834. The summed E-state index contributed by atoms with van der Waals surface area (Å²) < 4.78 is 9.15. The molecular weight excluding hydrogens is 278 g/mol. The molecule has 0 amide bonds. The van der Waals surface area contributed by atoms with E-state index in [1.807, 2.05) is 37.3 Å². The third kappa shape index (κ3) is 4.03. The summed E-state index contributed by atoms with van der Waals surface area (Å²) in [6.45, 7) is 1.88. The molecule has 0 aliphatic carbocycles. The van der Waals surface area contributed by atoms with Crippen molar-refractivity contribution < 1.29 is 19.1 Å². The summed E-state index contributed by atoms with van der Waals surface area (Å²) in [6.07, 6.45) is 0. The second-order valence-corrected chi connectivity index (χ2v) is 4.56. The molecule has 0 heterocycles. The maximum absolute atomic E-state index is 11.6. The first kappa shape index (κ1) is 16.1. The van der Waals surface area contributed by atoms with Gasteiger partial charge in [-0.05, 0) is 12.5 Å². The van der Waals surface area contributed by atoms with E-state index in [1.165, 1.54) is 14.2 Å². The van der Waals surface area contributed by atoms with Crippen LogP contribution in [0.3, 0.4) is 0 Å². The summed E-state index contributed by atoms with van der Waals surface area (Å²) in [7, 11) is 2.39. The van der Waals surface area contributed by atoms with E-state index in [-0.39, 0.29) is 11.0 Å². The zero-order valence-electron chi connectivity index (χ0n) is 11.6. The highest BCUT2D eigenvalue weighted by Crippen LogP contribution is 2.14. The molecule has 1 unspecified atom stereocenters. The largest absolute Gasteiger partial charge is 0.468 e. The molecule has 0 saturated carbocycles. The van der Waals surface area contributed by atoms with Crippen LogP contribution in [-0.4, -0.2) is 31.1 Å². The molecule has 0 bridgehead atoms. The highest BCUT2D eigenvalue weighted by Gasteiger charge is 2.33. The van der Waals surface area contributed by atoms with Crippen molar-refractivity contribution in [3.05, 3.63) is 35.9 Å². The van der Waals surface area contributed by atoms with Crippen LogP contribution in [0.4, 0.5) is 0 Å². The number of thiocarbonyl (C=S) groups is 1. The van der Waals surface area contributed by atoms with Gasteiger partial charge >= 0.3 is 11.9 Å². The van der Waals surface area contributed by atoms with Crippen LogP contribution in [0.1, 0.15) is 18.5 Å². The van der Waals surface area contributed by atoms with Gasteiger partial charge in [0.25, 0.3) is 0 Å². The van der Waals surface area contributed by atoms with Crippen molar-refractivity contribution in [2.75, 3.05) is 14.2 Å². The molecule has 0 spiro atoms. The molecule has 0 saturated heterocycles. The summed E-state index contributed by atoms with van der Waals surface area (Å²) in [5.74, 6) is -2.73. The van der Waals surface area contributed by atoms with Gasteiger partial charge in [0.2, 0.25) is 5.92 Å². The number of hydrogen-bond acceptors (Lipinski definition) is 5. The highest BCUT2D eigenvalue weighted by atomic mass is 32.1. The molecule has 0 aliphatic rings. The van der Waals surface area contributed by atoms with E-state index >= 15 is 0 Å². The number of rotatable bonds is 5. The number of ether oxygens (including phenoxy) is 2. The lowest BCUT2D eigenvalue weighted by molar-refractivity contribution is -0.155. The zero-order chi connectivity index (χ0) is 15.1. The summed E-state index contributed by atoms with van der Waals surface area (Å²) >= 11 is 5.12. The topological polar surface area (TPSA) is 64.6 Å². The predicted octanol–water partition coefficient (Wildman–Crippen LogP) is 1.63. The number of esters is 2. The van der Waals surface area contributed by atoms with Gasteiger partial charge in [-0.25, -0.2) is 0 Å². The second kappa shape index (κ2) is 7.59. The number of carbonyl (C=O) groups is 2. The summed E-state index contributed by atoms with van der Waals surface area (Å²) in [5.41, 5.74) is 0.989. The van der Waals surface area contributed by atoms with Gasteiger partial charge < -0.3 is 14.8 Å². The van der Waals surface area contributed by atoms with Gasteiger partial charge in [-0.3, -0.25) is 9.59 Å². The standard InChI is InChI=1S/C14H17NO4S/c1-9(10-7-5-4-6-8-10)15-12(20)11(13(16)18-2)14(17)19-3/h4-9,11H,1-3H3,(H,15,20). The van der Waals surface area contributed by atoms with E-state index in [9.17, 15) is 9.59 Å². The quantitative estimate of drug-likeness (QED) is 0.506. The van der Waals surface area contributed by atoms with E-state index in [4.69, 9.17) is 12.2 Å². The number of carbonyl (C=O) groups excluding carboxylic acids is 2. The number of benzene rings is 1. The average molecular weight is 295 g/mol. The van der Waals surface area contributed by atoms with Gasteiger partial charge in [0.15, 0.2) is 0 Å². The van der Waals surface area contributed by atoms with Crippen LogP contribution in [0, 0.1) is 5.92 Å². The second-order valence-electron chi connectivity index (χ2n) is 4.12. The van der Waals surface area contributed by atoms with Crippen LogP contribution in [0.25, 0.3) is 0 Å². The van der Waals surface area contributed by atoms with Crippen molar-refractivity contribution in [1.29, 1.82) is 0 Å². The first-order valence-electron chi connectivity index (χ1n) is 6.02. The zero-order valence-corrected chi connectivity index (χ0v) is 12.4. The van der Waals surface area contributed by atoms with Crippen molar-refractivity contribution in [2.45, 2.75) is 13.0 Å². The van der Waals surface area contributed by atoms with Gasteiger partial charge in [0.1, 0.15) is 4.99 Å². The Morgan fingerprint density at radius 1 is 1.10 bits per heavy atom. The molecule has 0 fully saturated rings. The average Bonchev–Trinajstić information content (AvgIpc) is 2.47. The van der Waals surface area contributed by atoms with Crippen molar-refractivity contribution in [1.82, 2.24) is 5.32 Å². The van der Waals surface area contributed by atoms with Crippen LogP contribution < -0.4 is 5.32 Å². The monoisotopic (exact) mass is 295 g/mol. The molecule has 5 nitrogen and oxygen atoms in total. The number of methoxy groups -OCH3 is 2. The maximum Gasteiger partial charge on any atom is 0.327 e. The van der Waals surface area contributed by atoms with E-state index in [0.29, 0.717) is 0 Å². The molecule has 0 radical (unpaired) electrons. The Balaban J connectivity index is 2.81. The summed E-state index contributed by atoms with van der Waals surface area (Å²) in [5, 5.41) is 2.96. The third-order valence-electron chi connectivity index (χ3n) is 2.79. The Morgan fingerprint density at radius 3 is 2.05 bits per heavy atom. The first-order chi connectivity index (χ1) is 9.51. The van der Waals surface area contributed by atoms with Crippen LogP contribution in [0.15, 0.2) is 30.3 Å². The lowest BCUT2D eigenvalue weighted by Gasteiger charge is -2.20. The Labute approximate surface area is 123 Å². The Hall–Kier alpha value is -1.95. The molecule has 1 atom stereocenters. The molecule has 6 heteroatoms. The first-order valence-corrected chi connectivity index (χ1v) is 6.43. The lowest BCUT2D eigenvalue weighted by atomic mass is 10.1. The number of nitrogens with one attached hydrogen (secondary N) is 1. The SMILES string of the molecule is COC(=O)C(C(=O)OC)C(=S)NC(C)c1ccccc1. The molecule has 108 valence electrons. The minimum Gasteiger partial charge on any atom is -0.468 e. The fourth-order valence-electron chi connectivity index (χ4n) is 1.67. The van der Waals surface area contributed by atoms with E-state index in [2.05, 4.69) is 14.8 Å². The normalized spacial score (nSPS) is 11.6. The van der Waals surface area contributed by atoms with E-state index < -0.39 is 17.9 Å². The Morgan fingerprint density at radius 2 is 1.60 bits per heavy atom. The van der Waals surface area contributed by atoms with Gasteiger partial charge in [-0.2, -0.15) is 0 Å². The van der Waals surface area contributed by atoms with E-state index in [1.54, 1.807) is 0 Å². The lowest BCUT2D eigenvalue weighted by Crippen LogP contribution is -2.41. The highest BCUT2D eigenvalue weighted by molar-refractivity contribution is 7.80. The van der Waals surface area contributed by atoms with Gasteiger partial charge in [0, 0.05) is 6.04 Å². The van der Waals surface area contributed by atoms with Gasteiger partial charge in [-0.1, -0.05) is 42.5 Å². The molecule has 1 N–H and O–H groups in total. The third-order valence-corrected chi connectivity index (χ3v) is 3.15. The van der Waals surface area contributed by atoms with Crippen LogP contribution in [-0.2, 0) is 19.1 Å². The maximum atomic E-state index is 11.6. The van der Waals surface area contributed by atoms with Crippen molar-refractivity contribution in [3.63, 3.8) is 0 Å². The van der Waals surface area contributed by atoms with Crippen molar-refractivity contribution in [2.24, 2.45) is 5.92 Å². The summed E-state index contributed by atoms with van der Waals surface area (Å²) in [4.78, 5) is 23.3. The fourth-order valence-corrected chi connectivity index (χ4v) is 2.04. The Bertz CT molecular complexity index is 473. The molecular formula is C14H17NO4S. The molecule has 20 heavy (non-hydrogen) atoms. The molecule has 0 aliphatic heterocycles. The fraction of sp³-hybridized carbons (Fsp3) is 0.357. The van der Waals surface area contributed by atoms with Gasteiger partial charge in [0.05, 0.1) is 14.2 Å². The Kier molecular flexibility index (Phi) is 6.11. The minimum atomic E-state index is -1.24. The molecule has 1 aromatic rings. The van der Waals surface area contributed by atoms with Crippen LogP contribution >= 0.6 is 12.2 Å². The summed E-state index contributed by atoms with van der Waals surface area (Å²) in [6, 6.07) is 9.40. The van der Waals surface area contributed by atoms with Crippen molar-refractivity contribution in [3.8, 4) is 0 Å². The van der Waals surface area contributed by atoms with Crippen LogP contribution in [0.5, 0.6) is 0 Å². The van der Waals surface area contributed by atoms with Crippen molar-refractivity contribution >= 4 is 29.1 Å². The number of hydrogen-bond donors (Lipinski definition) is 1. The van der Waals surface area contributed by atoms with E-state index in [0.717, 1.165) is 5.56 Å².